The van der Waals surface area contributed by atoms with Crippen molar-refractivity contribution in [2.75, 3.05) is 0 Å². The highest BCUT2D eigenvalue weighted by Crippen LogP contribution is 2.28. The van der Waals surface area contributed by atoms with Crippen LogP contribution in [0.3, 0.4) is 0 Å². The van der Waals surface area contributed by atoms with Crippen molar-refractivity contribution in [1.29, 1.82) is 0 Å². The third-order valence-corrected chi connectivity index (χ3v) is 4.17. The molecule has 0 saturated heterocycles. The fourth-order valence-corrected chi connectivity index (χ4v) is 2.93. The first-order valence-corrected chi connectivity index (χ1v) is 7.52. The summed E-state index contributed by atoms with van der Waals surface area (Å²) in [5.41, 5.74) is 5.20. The Morgan fingerprint density at radius 2 is 1.75 bits per heavy atom. The minimum atomic E-state index is -0.240. The number of aromatic nitrogens is 4. The van der Waals surface area contributed by atoms with Crippen LogP contribution in [0.2, 0.25) is 0 Å². The summed E-state index contributed by atoms with van der Waals surface area (Å²) >= 11 is 0. The smallest absolute Gasteiger partial charge is 0.323 e. The maximum absolute atomic E-state index is 11.3. The van der Waals surface area contributed by atoms with Gasteiger partial charge in [0.15, 0.2) is 0 Å². The summed E-state index contributed by atoms with van der Waals surface area (Å²) in [6, 6.07) is 11.5. The van der Waals surface area contributed by atoms with Crippen molar-refractivity contribution in [3.05, 3.63) is 58.0 Å². The highest BCUT2D eigenvalue weighted by molar-refractivity contribution is 5.80. The molecule has 4 aromatic rings. The van der Waals surface area contributed by atoms with Gasteiger partial charge in [0.25, 0.3) is 5.89 Å². The summed E-state index contributed by atoms with van der Waals surface area (Å²) < 4.78 is 10.8. The average molecular weight is 320 g/mol. The minimum absolute atomic E-state index is 0.240. The first-order chi connectivity index (χ1) is 11.8. The number of ether oxygens (including phenoxy) is 1. The summed E-state index contributed by atoms with van der Waals surface area (Å²) in [6.07, 6.45) is 0. The standard InChI is InChI=1S/C17H12N4O3/c22-17-18-13-4-3-9(6-14(13)19-17)15-20-16(24-21-15)10-1-2-11-7-23-8-12(11)5-10/h1-6H,7-8H2,(H2,18,19,22). The first kappa shape index (κ1) is 13.3. The zero-order valence-electron chi connectivity index (χ0n) is 12.5. The summed E-state index contributed by atoms with van der Waals surface area (Å²) in [5.74, 6) is 0.938. The van der Waals surface area contributed by atoms with Crippen molar-refractivity contribution in [2.24, 2.45) is 0 Å². The second-order valence-electron chi connectivity index (χ2n) is 5.74. The van der Waals surface area contributed by atoms with Crippen LogP contribution in [0, 0.1) is 0 Å². The number of nitrogens with zero attached hydrogens (tertiary/aromatic N) is 2. The van der Waals surface area contributed by atoms with Gasteiger partial charge < -0.3 is 19.2 Å². The topological polar surface area (TPSA) is 96.8 Å². The number of benzene rings is 2. The Labute approximate surface area is 135 Å². The molecule has 0 atom stereocenters. The molecule has 7 heteroatoms. The van der Waals surface area contributed by atoms with Crippen molar-refractivity contribution in [3.8, 4) is 22.8 Å². The summed E-state index contributed by atoms with van der Waals surface area (Å²) in [6.45, 7) is 1.27. The predicted molar refractivity (Wildman–Crippen MR) is 86.1 cm³/mol. The molecule has 0 aliphatic carbocycles. The Hall–Kier alpha value is -3.19. The molecule has 5 rings (SSSR count). The lowest BCUT2D eigenvalue weighted by atomic mass is 10.1. The predicted octanol–water partition coefficient (Wildman–Crippen LogP) is 2.60. The Morgan fingerprint density at radius 1 is 0.917 bits per heavy atom. The van der Waals surface area contributed by atoms with Crippen LogP contribution in [-0.4, -0.2) is 20.1 Å². The highest BCUT2D eigenvalue weighted by Gasteiger charge is 2.16. The Morgan fingerprint density at radius 3 is 2.71 bits per heavy atom. The third-order valence-electron chi connectivity index (χ3n) is 4.17. The molecule has 2 N–H and O–H groups in total. The van der Waals surface area contributed by atoms with Crippen LogP contribution in [0.5, 0.6) is 0 Å². The van der Waals surface area contributed by atoms with Crippen LogP contribution in [0.15, 0.2) is 45.7 Å². The van der Waals surface area contributed by atoms with Gasteiger partial charge in [-0.15, -0.1) is 0 Å². The molecule has 0 saturated carbocycles. The maximum Gasteiger partial charge on any atom is 0.323 e. The SMILES string of the molecule is O=c1[nH]c2ccc(-c3noc(-c4ccc5c(c4)COC5)n3)cc2[nH]1. The molecule has 7 nitrogen and oxygen atoms in total. The molecule has 0 unspecified atom stereocenters. The molecule has 0 amide bonds. The van der Waals surface area contributed by atoms with Gasteiger partial charge in [0.1, 0.15) is 0 Å². The van der Waals surface area contributed by atoms with E-state index in [2.05, 4.69) is 20.1 Å². The van der Waals surface area contributed by atoms with Gasteiger partial charge in [0, 0.05) is 11.1 Å². The maximum atomic E-state index is 11.3. The summed E-state index contributed by atoms with van der Waals surface area (Å²) in [4.78, 5) is 21.2. The lowest BCUT2D eigenvalue weighted by molar-refractivity contribution is 0.134. The van der Waals surface area contributed by atoms with Crippen molar-refractivity contribution >= 4 is 11.0 Å². The molecule has 2 aromatic carbocycles. The second kappa shape index (κ2) is 4.90. The van der Waals surface area contributed by atoms with E-state index in [-0.39, 0.29) is 5.69 Å². The van der Waals surface area contributed by atoms with Crippen molar-refractivity contribution < 1.29 is 9.26 Å². The third kappa shape index (κ3) is 2.06. The molecule has 0 bridgehead atoms. The average Bonchev–Trinajstić information content (AvgIpc) is 3.31. The van der Waals surface area contributed by atoms with Gasteiger partial charge >= 0.3 is 5.69 Å². The van der Waals surface area contributed by atoms with Crippen LogP contribution < -0.4 is 5.69 Å². The molecular formula is C17H12N4O3. The van der Waals surface area contributed by atoms with Gasteiger partial charge in [-0.25, -0.2) is 4.79 Å². The van der Waals surface area contributed by atoms with E-state index in [9.17, 15) is 4.79 Å². The molecule has 118 valence electrons. The number of hydrogen-bond donors (Lipinski definition) is 2. The first-order valence-electron chi connectivity index (χ1n) is 7.52. The molecule has 24 heavy (non-hydrogen) atoms. The Kier molecular flexibility index (Phi) is 2.71. The number of H-pyrrole nitrogens is 2. The zero-order chi connectivity index (χ0) is 16.1. The molecule has 2 aromatic heterocycles. The Bertz CT molecular complexity index is 1120. The van der Waals surface area contributed by atoms with Crippen LogP contribution >= 0.6 is 0 Å². The lowest BCUT2D eigenvalue weighted by Gasteiger charge is -1.98. The number of hydrogen-bond acceptors (Lipinski definition) is 5. The van der Waals surface area contributed by atoms with Crippen LogP contribution in [0.1, 0.15) is 11.1 Å². The van der Waals surface area contributed by atoms with E-state index >= 15 is 0 Å². The molecule has 1 aliphatic rings. The van der Waals surface area contributed by atoms with Gasteiger partial charge in [-0.3, -0.25) is 0 Å². The summed E-state index contributed by atoms with van der Waals surface area (Å²) in [5, 5.41) is 4.05. The normalized spacial score (nSPS) is 13.5. The molecule has 1 aliphatic heterocycles. The van der Waals surface area contributed by atoms with E-state index in [0.717, 1.165) is 22.2 Å². The van der Waals surface area contributed by atoms with Crippen LogP contribution in [0.25, 0.3) is 33.9 Å². The van der Waals surface area contributed by atoms with Gasteiger partial charge in [-0.1, -0.05) is 11.2 Å². The van der Waals surface area contributed by atoms with E-state index in [1.165, 1.54) is 5.56 Å². The zero-order valence-corrected chi connectivity index (χ0v) is 12.5. The summed E-state index contributed by atoms with van der Waals surface area (Å²) in [7, 11) is 0. The number of rotatable bonds is 2. The fourth-order valence-electron chi connectivity index (χ4n) is 2.93. The van der Waals surface area contributed by atoms with Gasteiger partial charge in [0.2, 0.25) is 5.82 Å². The molecule has 0 spiro atoms. The number of fused-ring (bicyclic) bond motifs is 2. The molecule has 0 radical (unpaired) electrons. The largest absolute Gasteiger partial charge is 0.372 e. The van der Waals surface area contributed by atoms with Crippen molar-refractivity contribution in [3.63, 3.8) is 0 Å². The number of nitrogens with one attached hydrogen (secondary N) is 2. The van der Waals surface area contributed by atoms with Gasteiger partial charge in [-0.2, -0.15) is 4.98 Å². The molecular weight excluding hydrogens is 308 g/mol. The Balaban J connectivity index is 1.55. The fraction of sp³-hybridized carbons (Fsp3) is 0.118. The van der Waals surface area contributed by atoms with Crippen LogP contribution in [0.4, 0.5) is 0 Å². The van der Waals surface area contributed by atoms with E-state index in [0.29, 0.717) is 30.4 Å². The number of aromatic amines is 2. The van der Waals surface area contributed by atoms with Crippen molar-refractivity contribution in [2.45, 2.75) is 13.2 Å². The number of imidazole rings is 1. The van der Waals surface area contributed by atoms with Crippen molar-refractivity contribution in [1.82, 2.24) is 20.1 Å². The van der Waals surface area contributed by atoms with Gasteiger partial charge in [-0.05, 0) is 41.5 Å². The monoisotopic (exact) mass is 320 g/mol. The highest BCUT2D eigenvalue weighted by atomic mass is 16.5. The van der Waals surface area contributed by atoms with E-state index in [1.54, 1.807) is 0 Å². The minimum Gasteiger partial charge on any atom is -0.372 e. The van der Waals surface area contributed by atoms with E-state index in [1.807, 2.05) is 36.4 Å². The molecule has 0 fully saturated rings. The molecule has 3 heterocycles. The quantitative estimate of drug-likeness (QED) is 0.592. The van der Waals surface area contributed by atoms with E-state index < -0.39 is 0 Å². The second-order valence-corrected chi connectivity index (χ2v) is 5.74. The van der Waals surface area contributed by atoms with E-state index in [4.69, 9.17) is 9.26 Å². The van der Waals surface area contributed by atoms with Gasteiger partial charge in [0.05, 0.1) is 24.2 Å². The van der Waals surface area contributed by atoms with Crippen LogP contribution in [-0.2, 0) is 18.0 Å². The lowest BCUT2D eigenvalue weighted by Crippen LogP contribution is -1.99.